The number of ether oxygens (including phenoxy) is 1. The topological polar surface area (TPSA) is 43.1 Å². The van der Waals surface area contributed by atoms with Crippen molar-refractivity contribution in [3.63, 3.8) is 0 Å². The highest BCUT2D eigenvalue weighted by Gasteiger charge is 2.31. The smallest absolute Gasteiger partial charge is 0.344 e. The quantitative estimate of drug-likeness (QED) is 0.198. The standard InChI is InChI=1S/C34H45F2N2O2/c1-10-12-13-22(11-2)21-40-32(39)29-30(35)25(27-18-23(14-16-37-27)33(3,4)5)20-26(31(29)36)28-19-24(34(6,7)8)15-17-38(28)9/h14-20,22H,10-13,21H2,1-9H3/q+1. The Bertz CT molecular complexity index is 1350. The molecule has 0 fully saturated rings. The number of hydrogen-bond donors (Lipinski definition) is 0. The van der Waals surface area contributed by atoms with Gasteiger partial charge in [0.1, 0.15) is 18.4 Å². The molecule has 216 valence electrons. The summed E-state index contributed by atoms with van der Waals surface area (Å²) in [5.41, 5.74) is 1.91. The van der Waals surface area contributed by atoms with Gasteiger partial charge in [-0.25, -0.2) is 18.1 Å². The van der Waals surface area contributed by atoms with Crippen molar-refractivity contribution in [2.24, 2.45) is 13.0 Å². The fraction of sp³-hybridized carbons (Fsp3) is 0.500. The maximum Gasteiger partial charge on any atom is 0.344 e. The Morgan fingerprint density at radius 1 is 0.950 bits per heavy atom. The average Bonchev–Trinajstić information content (AvgIpc) is 2.88. The monoisotopic (exact) mass is 551 g/mol. The number of pyridine rings is 2. The summed E-state index contributed by atoms with van der Waals surface area (Å²) in [6.45, 7) is 16.7. The lowest BCUT2D eigenvalue weighted by Crippen LogP contribution is -2.32. The van der Waals surface area contributed by atoms with E-state index < -0.39 is 23.2 Å². The molecule has 0 bridgehead atoms. The van der Waals surface area contributed by atoms with Gasteiger partial charge in [0.05, 0.1) is 17.9 Å². The van der Waals surface area contributed by atoms with Crippen molar-refractivity contribution in [1.82, 2.24) is 4.98 Å². The van der Waals surface area contributed by atoms with Gasteiger partial charge in [-0.05, 0) is 52.5 Å². The summed E-state index contributed by atoms with van der Waals surface area (Å²) in [7, 11) is 1.81. The van der Waals surface area contributed by atoms with Gasteiger partial charge in [0.25, 0.3) is 0 Å². The first-order valence-corrected chi connectivity index (χ1v) is 14.4. The van der Waals surface area contributed by atoms with E-state index in [9.17, 15) is 4.79 Å². The average molecular weight is 552 g/mol. The Balaban J connectivity index is 2.24. The zero-order chi connectivity index (χ0) is 29.8. The summed E-state index contributed by atoms with van der Waals surface area (Å²) in [5.74, 6) is -2.73. The summed E-state index contributed by atoms with van der Waals surface area (Å²) in [6, 6.07) is 9.03. The first-order chi connectivity index (χ1) is 18.7. The number of esters is 1. The second-order valence-corrected chi connectivity index (χ2v) is 12.8. The molecule has 0 saturated carbocycles. The van der Waals surface area contributed by atoms with Crippen LogP contribution in [0.15, 0.2) is 42.7 Å². The van der Waals surface area contributed by atoms with Crippen LogP contribution in [0.1, 0.15) is 103 Å². The van der Waals surface area contributed by atoms with Crippen LogP contribution in [0.5, 0.6) is 0 Å². The van der Waals surface area contributed by atoms with Crippen molar-refractivity contribution < 1.29 is 22.9 Å². The van der Waals surface area contributed by atoms with Gasteiger partial charge in [-0.1, -0.05) is 74.7 Å². The molecule has 1 atom stereocenters. The lowest BCUT2D eigenvalue weighted by molar-refractivity contribution is -0.660. The van der Waals surface area contributed by atoms with Crippen LogP contribution in [0.25, 0.3) is 22.5 Å². The van der Waals surface area contributed by atoms with E-state index in [0.717, 1.165) is 36.8 Å². The van der Waals surface area contributed by atoms with Crippen LogP contribution in [-0.4, -0.2) is 17.6 Å². The van der Waals surface area contributed by atoms with Crippen molar-refractivity contribution in [2.45, 2.75) is 91.9 Å². The van der Waals surface area contributed by atoms with Crippen LogP contribution in [0, 0.1) is 17.6 Å². The van der Waals surface area contributed by atoms with E-state index in [2.05, 4.69) is 53.5 Å². The number of benzene rings is 1. The molecule has 0 spiro atoms. The predicted molar refractivity (Wildman–Crippen MR) is 157 cm³/mol. The van der Waals surface area contributed by atoms with Crippen molar-refractivity contribution in [2.75, 3.05) is 6.61 Å². The van der Waals surface area contributed by atoms with E-state index in [-0.39, 0.29) is 34.5 Å². The van der Waals surface area contributed by atoms with E-state index in [1.807, 2.05) is 31.3 Å². The van der Waals surface area contributed by atoms with E-state index in [0.29, 0.717) is 11.4 Å². The van der Waals surface area contributed by atoms with Gasteiger partial charge in [0, 0.05) is 23.9 Å². The highest BCUT2D eigenvalue weighted by molar-refractivity contribution is 5.94. The van der Waals surface area contributed by atoms with Crippen LogP contribution < -0.4 is 4.57 Å². The van der Waals surface area contributed by atoms with Crippen molar-refractivity contribution in [3.05, 3.63) is 71.1 Å². The summed E-state index contributed by atoms with van der Waals surface area (Å²) >= 11 is 0. The number of aryl methyl sites for hydroxylation is 1. The second-order valence-electron chi connectivity index (χ2n) is 12.8. The van der Waals surface area contributed by atoms with Crippen LogP contribution in [0.2, 0.25) is 0 Å². The van der Waals surface area contributed by atoms with E-state index in [1.54, 1.807) is 23.9 Å². The van der Waals surface area contributed by atoms with Crippen LogP contribution in [0.4, 0.5) is 8.78 Å². The zero-order valence-electron chi connectivity index (χ0n) is 25.6. The maximum atomic E-state index is 16.3. The minimum atomic E-state index is -0.991. The molecule has 0 aliphatic rings. The molecule has 0 radical (unpaired) electrons. The molecule has 0 N–H and O–H groups in total. The Kier molecular flexibility index (Phi) is 9.86. The Morgan fingerprint density at radius 3 is 2.17 bits per heavy atom. The first-order valence-electron chi connectivity index (χ1n) is 14.4. The lowest BCUT2D eigenvalue weighted by atomic mass is 9.86. The second kappa shape index (κ2) is 12.6. The molecule has 1 aromatic carbocycles. The molecular weight excluding hydrogens is 506 g/mol. The normalized spacial score (nSPS) is 12.9. The molecule has 40 heavy (non-hydrogen) atoms. The van der Waals surface area contributed by atoms with Crippen molar-refractivity contribution in [1.29, 1.82) is 0 Å². The molecule has 3 rings (SSSR count). The number of nitrogens with zero attached hydrogens (tertiary/aromatic N) is 2. The van der Waals surface area contributed by atoms with Gasteiger partial charge in [-0.2, -0.15) is 0 Å². The number of hydrogen-bond acceptors (Lipinski definition) is 3. The van der Waals surface area contributed by atoms with Gasteiger partial charge < -0.3 is 4.74 Å². The summed E-state index contributed by atoms with van der Waals surface area (Å²) in [4.78, 5) is 17.8. The van der Waals surface area contributed by atoms with Gasteiger partial charge in [-0.15, -0.1) is 0 Å². The Hall–Kier alpha value is -3.15. The number of halogens is 2. The van der Waals surface area contributed by atoms with Crippen molar-refractivity contribution >= 4 is 5.97 Å². The number of carbonyl (C=O) groups is 1. The third-order valence-corrected chi connectivity index (χ3v) is 7.59. The molecule has 3 aromatic rings. The zero-order valence-corrected chi connectivity index (χ0v) is 25.6. The molecule has 0 aliphatic carbocycles. The fourth-order valence-corrected chi connectivity index (χ4v) is 4.70. The predicted octanol–water partition coefficient (Wildman–Crippen LogP) is 8.49. The fourth-order valence-electron chi connectivity index (χ4n) is 4.70. The number of aromatic nitrogens is 2. The van der Waals surface area contributed by atoms with Crippen molar-refractivity contribution in [3.8, 4) is 22.5 Å². The summed E-state index contributed by atoms with van der Waals surface area (Å²) in [6.07, 6.45) is 7.24. The van der Waals surface area contributed by atoms with E-state index in [1.165, 1.54) is 6.07 Å². The van der Waals surface area contributed by atoms with Gasteiger partial charge >= 0.3 is 5.97 Å². The van der Waals surface area contributed by atoms with Gasteiger partial charge in [0.2, 0.25) is 5.69 Å². The molecule has 1 unspecified atom stereocenters. The summed E-state index contributed by atoms with van der Waals surface area (Å²) < 4.78 is 39.8. The largest absolute Gasteiger partial charge is 0.462 e. The third-order valence-electron chi connectivity index (χ3n) is 7.59. The first kappa shape index (κ1) is 31.4. The molecule has 0 aliphatic heterocycles. The maximum absolute atomic E-state index is 16.3. The molecule has 0 saturated heterocycles. The molecule has 4 nitrogen and oxygen atoms in total. The third kappa shape index (κ3) is 7.13. The molecule has 6 heteroatoms. The summed E-state index contributed by atoms with van der Waals surface area (Å²) in [5, 5.41) is 0. The molecule has 2 heterocycles. The highest BCUT2D eigenvalue weighted by Crippen LogP contribution is 2.36. The number of rotatable bonds is 9. The minimum absolute atomic E-state index is 0.0636. The number of carbonyl (C=O) groups excluding carboxylic acids is 1. The van der Waals surface area contributed by atoms with Crippen LogP contribution in [0.3, 0.4) is 0 Å². The van der Waals surface area contributed by atoms with Gasteiger partial charge in [0.15, 0.2) is 12.0 Å². The highest BCUT2D eigenvalue weighted by atomic mass is 19.1. The Labute approximate surface area is 238 Å². The minimum Gasteiger partial charge on any atom is -0.462 e. The lowest BCUT2D eigenvalue weighted by Gasteiger charge is -2.21. The molecular formula is C34H45F2N2O2+. The van der Waals surface area contributed by atoms with Crippen LogP contribution >= 0.6 is 0 Å². The SMILES string of the molecule is CCCCC(CC)COC(=O)c1c(F)c(-c2cc(C(C)(C)C)ccn2)cc(-c2cc(C(C)(C)C)cc[n+]2C)c1F. The van der Waals surface area contributed by atoms with E-state index in [4.69, 9.17) is 4.74 Å². The molecule has 2 aromatic heterocycles. The molecule has 0 amide bonds. The number of unbranched alkanes of at least 4 members (excludes halogenated alkanes) is 1. The van der Waals surface area contributed by atoms with Crippen LogP contribution in [-0.2, 0) is 22.6 Å². The van der Waals surface area contributed by atoms with E-state index >= 15 is 8.78 Å². The van der Waals surface area contributed by atoms with Gasteiger partial charge in [-0.3, -0.25) is 4.98 Å². The Morgan fingerprint density at radius 2 is 1.57 bits per heavy atom.